The van der Waals surface area contributed by atoms with Crippen molar-refractivity contribution in [2.24, 2.45) is 0 Å². The second-order valence-electron chi connectivity index (χ2n) is 5.11. The van der Waals surface area contributed by atoms with Gasteiger partial charge in [0.1, 0.15) is 0 Å². The summed E-state index contributed by atoms with van der Waals surface area (Å²) in [5, 5.41) is 2.99. The monoisotopic (exact) mass is 307 g/mol. The van der Waals surface area contributed by atoms with Crippen LogP contribution in [0.15, 0.2) is 36.4 Å². The van der Waals surface area contributed by atoms with Crippen molar-refractivity contribution in [3.63, 3.8) is 0 Å². The summed E-state index contributed by atoms with van der Waals surface area (Å²) >= 11 is 7.40. The molecule has 20 heavy (non-hydrogen) atoms. The van der Waals surface area contributed by atoms with Crippen molar-refractivity contribution in [1.82, 2.24) is 5.32 Å². The van der Waals surface area contributed by atoms with E-state index in [0.29, 0.717) is 11.5 Å². The fourth-order valence-electron chi connectivity index (χ4n) is 1.93. The lowest BCUT2D eigenvalue weighted by Gasteiger charge is -2.13. The molecular weight excluding hydrogens is 290 g/mol. The van der Waals surface area contributed by atoms with Crippen molar-refractivity contribution in [3.05, 3.63) is 56.7 Å². The van der Waals surface area contributed by atoms with E-state index in [0.717, 1.165) is 9.21 Å². The largest absolute Gasteiger partial charge is 0.345 e. The highest BCUT2D eigenvalue weighted by molar-refractivity contribution is 7.16. The minimum atomic E-state index is -0.0580. The van der Waals surface area contributed by atoms with E-state index in [2.05, 4.69) is 19.2 Å². The van der Waals surface area contributed by atoms with Crippen molar-refractivity contribution in [3.8, 4) is 0 Å². The number of carbonyl (C=O) groups is 1. The van der Waals surface area contributed by atoms with Crippen LogP contribution in [0.3, 0.4) is 0 Å². The second-order valence-corrected chi connectivity index (χ2v) is 6.86. The number of amides is 1. The van der Waals surface area contributed by atoms with Crippen LogP contribution in [0.2, 0.25) is 4.34 Å². The fourth-order valence-corrected chi connectivity index (χ4v) is 2.99. The number of halogens is 1. The smallest absolute Gasteiger partial charge is 0.251 e. The molecule has 1 atom stereocenters. The summed E-state index contributed by atoms with van der Waals surface area (Å²) in [4.78, 5) is 13.2. The predicted octanol–water partition coefficient (Wildman–Crippen LogP) is 5.02. The summed E-state index contributed by atoms with van der Waals surface area (Å²) in [7, 11) is 0. The third-order valence-electron chi connectivity index (χ3n) is 3.21. The molecule has 0 saturated carbocycles. The van der Waals surface area contributed by atoms with Gasteiger partial charge in [-0.15, -0.1) is 11.3 Å². The summed E-state index contributed by atoms with van der Waals surface area (Å²) in [6.07, 6.45) is 0. The van der Waals surface area contributed by atoms with Crippen LogP contribution >= 0.6 is 22.9 Å². The molecule has 4 heteroatoms. The van der Waals surface area contributed by atoms with Gasteiger partial charge in [0.05, 0.1) is 10.4 Å². The molecule has 1 aromatic carbocycles. The van der Waals surface area contributed by atoms with Gasteiger partial charge in [-0.25, -0.2) is 0 Å². The summed E-state index contributed by atoms with van der Waals surface area (Å²) in [6, 6.07) is 11.5. The van der Waals surface area contributed by atoms with Crippen LogP contribution in [-0.4, -0.2) is 5.91 Å². The first kappa shape index (κ1) is 15.1. The van der Waals surface area contributed by atoms with E-state index in [4.69, 9.17) is 11.6 Å². The Kier molecular flexibility index (Phi) is 4.84. The van der Waals surface area contributed by atoms with Crippen LogP contribution in [0.4, 0.5) is 0 Å². The molecule has 1 N–H and O–H groups in total. The summed E-state index contributed by atoms with van der Waals surface area (Å²) in [5.41, 5.74) is 1.92. The Morgan fingerprint density at radius 2 is 1.75 bits per heavy atom. The Hall–Kier alpha value is -1.32. The topological polar surface area (TPSA) is 29.1 Å². The van der Waals surface area contributed by atoms with Crippen molar-refractivity contribution in [2.45, 2.75) is 32.7 Å². The van der Waals surface area contributed by atoms with Crippen LogP contribution < -0.4 is 5.32 Å². The summed E-state index contributed by atoms with van der Waals surface area (Å²) in [6.45, 7) is 6.23. The molecule has 0 aliphatic heterocycles. The highest BCUT2D eigenvalue weighted by Crippen LogP contribution is 2.26. The molecule has 0 bridgehead atoms. The minimum Gasteiger partial charge on any atom is -0.345 e. The number of carbonyl (C=O) groups excluding carboxylic acids is 1. The van der Waals surface area contributed by atoms with Gasteiger partial charge in [0, 0.05) is 10.4 Å². The van der Waals surface area contributed by atoms with E-state index < -0.39 is 0 Å². The molecule has 1 aromatic heterocycles. The van der Waals surface area contributed by atoms with Crippen LogP contribution in [0.5, 0.6) is 0 Å². The highest BCUT2D eigenvalue weighted by Gasteiger charge is 2.13. The van der Waals surface area contributed by atoms with Gasteiger partial charge >= 0.3 is 0 Å². The van der Waals surface area contributed by atoms with Crippen LogP contribution in [0.1, 0.15) is 53.5 Å². The number of nitrogens with one attached hydrogen (secondary N) is 1. The number of hydrogen-bond donors (Lipinski definition) is 1. The summed E-state index contributed by atoms with van der Waals surface area (Å²) < 4.78 is 0.738. The SMILES string of the molecule is CC(C)c1ccc(C(=O)NC(C)c2ccc(Cl)s2)cc1. The van der Waals surface area contributed by atoms with Crippen LogP contribution in [-0.2, 0) is 0 Å². The molecule has 0 radical (unpaired) electrons. The molecule has 1 amide bonds. The van der Waals surface area contributed by atoms with Gasteiger partial charge in [0.15, 0.2) is 0 Å². The maximum Gasteiger partial charge on any atom is 0.251 e. The molecule has 2 rings (SSSR count). The Labute approximate surface area is 128 Å². The first-order chi connectivity index (χ1) is 9.47. The number of thiophene rings is 1. The van der Waals surface area contributed by atoms with Crippen molar-refractivity contribution >= 4 is 28.8 Å². The van der Waals surface area contributed by atoms with Gasteiger partial charge in [-0.3, -0.25) is 4.79 Å². The van der Waals surface area contributed by atoms with Crippen LogP contribution in [0.25, 0.3) is 0 Å². The maximum absolute atomic E-state index is 12.2. The lowest BCUT2D eigenvalue weighted by atomic mass is 10.0. The average molecular weight is 308 g/mol. The standard InChI is InChI=1S/C16H18ClNOS/c1-10(2)12-4-6-13(7-5-12)16(19)18-11(3)14-8-9-15(17)20-14/h4-11H,1-3H3,(H,18,19). The Bertz CT molecular complexity index is 589. The minimum absolute atomic E-state index is 0.0372. The lowest BCUT2D eigenvalue weighted by Crippen LogP contribution is -2.26. The molecule has 1 unspecified atom stereocenters. The molecule has 0 saturated heterocycles. The van der Waals surface area contributed by atoms with Gasteiger partial charge in [0.25, 0.3) is 5.91 Å². The number of benzene rings is 1. The molecule has 0 spiro atoms. The zero-order chi connectivity index (χ0) is 14.7. The van der Waals surface area contributed by atoms with Gasteiger partial charge in [0.2, 0.25) is 0 Å². The Morgan fingerprint density at radius 3 is 2.25 bits per heavy atom. The van der Waals surface area contributed by atoms with Crippen molar-refractivity contribution in [1.29, 1.82) is 0 Å². The molecule has 0 fully saturated rings. The van der Waals surface area contributed by atoms with Gasteiger partial charge in [-0.05, 0) is 42.7 Å². The lowest BCUT2D eigenvalue weighted by molar-refractivity contribution is 0.0940. The summed E-state index contributed by atoms with van der Waals surface area (Å²) in [5.74, 6) is 0.414. The van der Waals surface area contributed by atoms with Gasteiger partial charge in [-0.2, -0.15) is 0 Å². The molecule has 2 nitrogen and oxygen atoms in total. The molecule has 0 aliphatic carbocycles. The zero-order valence-corrected chi connectivity index (χ0v) is 13.4. The number of hydrogen-bond acceptors (Lipinski definition) is 2. The van der Waals surface area contributed by atoms with E-state index in [1.54, 1.807) is 0 Å². The van der Waals surface area contributed by atoms with E-state index in [1.165, 1.54) is 16.9 Å². The molecular formula is C16H18ClNOS. The van der Waals surface area contributed by atoms with Gasteiger partial charge in [-0.1, -0.05) is 37.6 Å². The third kappa shape index (κ3) is 3.62. The van der Waals surface area contributed by atoms with Crippen molar-refractivity contribution in [2.75, 3.05) is 0 Å². The quantitative estimate of drug-likeness (QED) is 0.844. The molecule has 0 aliphatic rings. The first-order valence-corrected chi connectivity index (χ1v) is 7.83. The highest BCUT2D eigenvalue weighted by atomic mass is 35.5. The first-order valence-electron chi connectivity index (χ1n) is 6.63. The van der Waals surface area contributed by atoms with E-state index in [9.17, 15) is 4.79 Å². The predicted molar refractivity (Wildman–Crippen MR) is 85.7 cm³/mol. The third-order valence-corrected chi connectivity index (χ3v) is 4.62. The van der Waals surface area contributed by atoms with E-state index in [1.807, 2.05) is 43.3 Å². The maximum atomic E-state index is 12.2. The second kappa shape index (κ2) is 6.42. The normalized spacial score (nSPS) is 12.4. The molecule has 106 valence electrons. The Balaban J connectivity index is 2.04. The Morgan fingerprint density at radius 1 is 1.10 bits per heavy atom. The van der Waals surface area contributed by atoms with Crippen molar-refractivity contribution < 1.29 is 4.79 Å². The van der Waals surface area contributed by atoms with E-state index in [-0.39, 0.29) is 11.9 Å². The van der Waals surface area contributed by atoms with Crippen LogP contribution in [0, 0.1) is 0 Å². The average Bonchev–Trinajstić information content (AvgIpc) is 2.85. The van der Waals surface area contributed by atoms with Gasteiger partial charge < -0.3 is 5.32 Å². The van der Waals surface area contributed by atoms with E-state index >= 15 is 0 Å². The number of rotatable bonds is 4. The molecule has 2 aromatic rings. The molecule has 1 heterocycles. The fraction of sp³-hybridized carbons (Fsp3) is 0.312. The zero-order valence-electron chi connectivity index (χ0n) is 11.8.